The molecule has 0 aliphatic heterocycles. The third kappa shape index (κ3) is 2.53. The highest BCUT2D eigenvalue weighted by Gasteiger charge is 2.15. The lowest BCUT2D eigenvalue weighted by molar-refractivity contribution is 0.436. The smallest absolute Gasteiger partial charge is 0.258 e. The SMILES string of the molecule is c1cc(Oc2cn[nH]n2)cc(C2CCCCC2)c1. The fraction of sp³-hybridized carbons (Fsp3) is 0.429. The molecule has 0 bridgehead atoms. The molecule has 1 saturated carbocycles. The number of ether oxygens (including phenoxy) is 1. The Bertz CT molecular complexity index is 490. The summed E-state index contributed by atoms with van der Waals surface area (Å²) in [5.41, 5.74) is 1.38. The summed E-state index contributed by atoms with van der Waals surface area (Å²) in [5, 5.41) is 10.2. The van der Waals surface area contributed by atoms with Crippen LogP contribution in [-0.2, 0) is 0 Å². The van der Waals surface area contributed by atoms with E-state index in [2.05, 4.69) is 33.6 Å². The highest BCUT2D eigenvalue weighted by molar-refractivity contribution is 5.33. The highest BCUT2D eigenvalue weighted by atomic mass is 16.5. The van der Waals surface area contributed by atoms with Gasteiger partial charge in [-0.15, -0.1) is 5.10 Å². The summed E-state index contributed by atoms with van der Waals surface area (Å²) in [6.07, 6.45) is 8.25. The lowest BCUT2D eigenvalue weighted by Gasteiger charge is -2.22. The molecule has 0 atom stereocenters. The second-order valence-electron chi connectivity index (χ2n) is 4.82. The number of nitrogens with one attached hydrogen (secondary N) is 1. The Balaban J connectivity index is 1.76. The number of benzene rings is 1. The first-order valence-corrected chi connectivity index (χ1v) is 6.55. The quantitative estimate of drug-likeness (QED) is 0.895. The minimum Gasteiger partial charge on any atom is -0.436 e. The summed E-state index contributed by atoms with van der Waals surface area (Å²) >= 11 is 0. The van der Waals surface area contributed by atoms with Gasteiger partial charge in [0.25, 0.3) is 5.88 Å². The van der Waals surface area contributed by atoms with E-state index in [0.29, 0.717) is 11.8 Å². The first-order valence-electron chi connectivity index (χ1n) is 6.55. The molecule has 4 heteroatoms. The van der Waals surface area contributed by atoms with Crippen LogP contribution in [0.4, 0.5) is 0 Å². The molecule has 0 amide bonds. The minimum atomic E-state index is 0.510. The van der Waals surface area contributed by atoms with E-state index in [-0.39, 0.29) is 0 Å². The zero-order valence-corrected chi connectivity index (χ0v) is 10.3. The Labute approximate surface area is 106 Å². The van der Waals surface area contributed by atoms with Gasteiger partial charge in [0.05, 0.1) is 0 Å². The van der Waals surface area contributed by atoms with E-state index in [1.807, 2.05) is 6.07 Å². The summed E-state index contributed by atoms with van der Waals surface area (Å²) in [4.78, 5) is 0. The Morgan fingerprint density at radius 2 is 2.06 bits per heavy atom. The molecule has 1 aliphatic rings. The Morgan fingerprint density at radius 1 is 1.17 bits per heavy atom. The van der Waals surface area contributed by atoms with Crippen LogP contribution in [0, 0.1) is 0 Å². The predicted octanol–water partition coefficient (Wildman–Crippen LogP) is 3.64. The zero-order chi connectivity index (χ0) is 12.2. The monoisotopic (exact) mass is 243 g/mol. The summed E-state index contributed by atoms with van der Waals surface area (Å²) < 4.78 is 5.64. The van der Waals surface area contributed by atoms with Crippen LogP contribution in [0.15, 0.2) is 30.5 Å². The molecule has 2 aromatic rings. The molecule has 0 unspecified atom stereocenters. The molecule has 1 heterocycles. The van der Waals surface area contributed by atoms with Gasteiger partial charge >= 0.3 is 0 Å². The number of aromatic nitrogens is 3. The van der Waals surface area contributed by atoms with E-state index >= 15 is 0 Å². The number of rotatable bonds is 3. The van der Waals surface area contributed by atoms with Crippen molar-refractivity contribution in [1.29, 1.82) is 0 Å². The van der Waals surface area contributed by atoms with Crippen LogP contribution >= 0.6 is 0 Å². The van der Waals surface area contributed by atoms with Crippen molar-refractivity contribution in [2.45, 2.75) is 38.0 Å². The molecular weight excluding hydrogens is 226 g/mol. The Morgan fingerprint density at radius 3 is 2.83 bits per heavy atom. The zero-order valence-electron chi connectivity index (χ0n) is 10.3. The molecule has 1 fully saturated rings. The van der Waals surface area contributed by atoms with Gasteiger partial charge in [-0.2, -0.15) is 10.3 Å². The molecule has 1 aliphatic carbocycles. The maximum Gasteiger partial charge on any atom is 0.258 e. The Hall–Kier alpha value is -1.84. The van der Waals surface area contributed by atoms with E-state index in [4.69, 9.17) is 4.74 Å². The fourth-order valence-corrected chi connectivity index (χ4v) is 2.63. The molecule has 0 radical (unpaired) electrons. The molecule has 18 heavy (non-hydrogen) atoms. The van der Waals surface area contributed by atoms with Crippen LogP contribution in [0.5, 0.6) is 11.6 Å². The van der Waals surface area contributed by atoms with Crippen molar-refractivity contribution in [2.24, 2.45) is 0 Å². The molecule has 0 spiro atoms. The number of H-pyrrole nitrogens is 1. The lowest BCUT2D eigenvalue weighted by Crippen LogP contribution is -2.04. The summed E-state index contributed by atoms with van der Waals surface area (Å²) in [5.74, 6) is 2.04. The topological polar surface area (TPSA) is 50.8 Å². The van der Waals surface area contributed by atoms with Crippen LogP contribution < -0.4 is 4.74 Å². The van der Waals surface area contributed by atoms with Crippen LogP contribution in [0.3, 0.4) is 0 Å². The maximum atomic E-state index is 5.64. The number of hydrogen-bond acceptors (Lipinski definition) is 3. The summed E-state index contributed by atoms with van der Waals surface area (Å²) in [6.45, 7) is 0. The number of aromatic amines is 1. The highest BCUT2D eigenvalue weighted by Crippen LogP contribution is 2.34. The van der Waals surface area contributed by atoms with E-state index in [1.165, 1.54) is 37.7 Å². The van der Waals surface area contributed by atoms with Gasteiger partial charge in [0.15, 0.2) is 0 Å². The van der Waals surface area contributed by atoms with Crippen molar-refractivity contribution in [3.8, 4) is 11.6 Å². The van der Waals surface area contributed by atoms with Crippen molar-refractivity contribution in [3.63, 3.8) is 0 Å². The molecule has 1 N–H and O–H groups in total. The molecule has 4 nitrogen and oxygen atoms in total. The molecule has 94 valence electrons. The van der Waals surface area contributed by atoms with E-state index in [9.17, 15) is 0 Å². The van der Waals surface area contributed by atoms with Crippen molar-refractivity contribution in [1.82, 2.24) is 15.4 Å². The van der Waals surface area contributed by atoms with Crippen molar-refractivity contribution in [2.75, 3.05) is 0 Å². The van der Waals surface area contributed by atoms with E-state index in [1.54, 1.807) is 6.20 Å². The number of hydrogen-bond donors (Lipinski definition) is 1. The number of nitrogens with zero attached hydrogens (tertiary/aromatic N) is 2. The lowest BCUT2D eigenvalue weighted by atomic mass is 9.84. The minimum absolute atomic E-state index is 0.510. The maximum absolute atomic E-state index is 5.64. The van der Waals surface area contributed by atoms with Crippen LogP contribution in [0.25, 0.3) is 0 Å². The fourth-order valence-electron chi connectivity index (χ4n) is 2.63. The van der Waals surface area contributed by atoms with Crippen molar-refractivity contribution in [3.05, 3.63) is 36.0 Å². The molecule has 3 rings (SSSR count). The average molecular weight is 243 g/mol. The van der Waals surface area contributed by atoms with Crippen LogP contribution in [0.1, 0.15) is 43.6 Å². The Kier molecular flexibility index (Phi) is 3.26. The molecule has 1 aromatic carbocycles. The van der Waals surface area contributed by atoms with Gasteiger partial charge in [-0.25, -0.2) is 0 Å². The first-order chi connectivity index (χ1) is 8.92. The molecular formula is C14H17N3O. The van der Waals surface area contributed by atoms with Gasteiger partial charge in [0, 0.05) is 0 Å². The second kappa shape index (κ2) is 5.21. The summed E-state index contributed by atoms with van der Waals surface area (Å²) in [7, 11) is 0. The largest absolute Gasteiger partial charge is 0.436 e. The molecule has 1 aromatic heterocycles. The van der Waals surface area contributed by atoms with E-state index < -0.39 is 0 Å². The van der Waals surface area contributed by atoms with Gasteiger partial charge < -0.3 is 4.74 Å². The molecule has 0 saturated heterocycles. The normalized spacial score (nSPS) is 16.7. The van der Waals surface area contributed by atoms with Gasteiger partial charge in [0.1, 0.15) is 11.9 Å². The van der Waals surface area contributed by atoms with Gasteiger partial charge in [-0.3, -0.25) is 0 Å². The summed E-state index contributed by atoms with van der Waals surface area (Å²) in [6, 6.07) is 8.34. The van der Waals surface area contributed by atoms with Crippen molar-refractivity contribution < 1.29 is 4.74 Å². The van der Waals surface area contributed by atoms with Crippen LogP contribution in [0.2, 0.25) is 0 Å². The third-order valence-corrected chi connectivity index (χ3v) is 3.55. The average Bonchev–Trinajstić information content (AvgIpc) is 2.93. The van der Waals surface area contributed by atoms with Gasteiger partial charge in [-0.1, -0.05) is 31.4 Å². The first kappa shape index (κ1) is 11.3. The predicted molar refractivity (Wildman–Crippen MR) is 68.7 cm³/mol. The van der Waals surface area contributed by atoms with Crippen molar-refractivity contribution >= 4 is 0 Å². The van der Waals surface area contributed by atoms with Crippen LogP contribution in [-0.4, -0.2) is 15.4 Å². The van der Waals surface area contributed by atoms with Gasteiger partial charge in [-0.05, 0) is 36.5 Å². The van der Waals surface area contributed by atoms with Gasteiger partial charge in [0.2, 0.25) is 0 Å². The second-order valence-corrected chi connectivity index (χ2v) is 4.82. The third-order valence-electron chi connectivity index (χ3n) is 3.55. The van der Waals surface area contributed by atoms with E-state index in [0.717, 1.165) is 5.75 Å². The standard InChI is InChI=1S/C14H17N3O/c1-2-5-11(6-3-1)12-7-4-8-13(9-12)18-14-10-15-17-16-14/h4,7-11H,1-3,5-6H2,(H,15,16,17).